The molecule has 3 aromatic carbocycles. The monoisotopic (exact) mass is 333 g/mol. The van der Waals surface area contributed by atoms with Crippen molar-refractivity contribution in [2.75, 3.05) is 0 Å². The first-order valence-electron chi connectivity index (χ1n) is 9.03. The average Bonchev–Trinajstić information content (AvgIpc) is 3.12. The highest BCUT2D eigenvalue weighted by molar-refractivity contribution is 6.01. The number of benzene rings is 3. The number of allylic oxidation sites excluding steroid dienone is 1. The van der Waals surface area contributed by atoms with Gasteiger partial charge in [-0.3, -0.25) is 4.98 Å². The van der Waals surface area contributed by atoms with Crippen LogP contribution in [0.1, 0.15) is 22.4 Å². The molecule has 0 bridgehead atoms. The third-order valence-corrected chi connectivity index (χ3v) is 5.22. The van der Waals surface area contributed by atoms with Gasteiger partial charge in [0.15, 0.2) is 0 Å². The van der Waals surface area contributed by atoms with E-state index in [0.717, 1.165) is 12.1 Å². The molecule has 1 nitrogen and oxygen atoms in total. The van der Waals surface area contributed by atoms with Crippen LogP contribution in [0, 0.1) is 6.92 Å². The van der Waals surface area contributed by atoms with Crippen molar-refractivity contribution in [3.05, 3.63) is 101 Å². The molecule has 5 rings (SSSR count). The Labute approximate surface area is 153 Å². The molecule has 0 unspecified atom stereocenters. The van der Waals surface area contributed by atoms with Crippen LogP contribution in [0.2, 0.25) is 0 Å². The molecule has 0 fully saturated rings. The zero-order valence-corrected chi connectivity index (χ0v) is 14.7. The van der Waals surface area contributed by atoms with E-state index < -0.39 is 0 Å². The summed E-state index contributed by atoms with van der Waals surface area (Å²) in [6.07, 6.45) is 5.22. The van der Waals surface area contributed by atoms with Gasteiger partial charge in [-0.25, -0.2) is 0 Å². The van der Waals surface area contributed by atoms with E-state index in [2.05, 4.69) is 90.8 Å². The first-order valence-corrected chi connectivity index (χ1v) is 9.03. The maximum Gasteiger partial charge on any atom is 0.0665 e. The van der Waals surface area contributed by atoms with Crippen LogP contribution >= 0.6 is 0 Å². The van der Waals surface area contributed by atoms with Crippen LogP contribution in [0.5, 0.6) is 0 Å². The lowest BCUT2D eigenvalue weighted by Gasteiger charge is -2.11. The van der Waals surface area contributed by atoms with Crippen molar-refractivity contribution in [3.8, 4) is 11.1 Å². The van der Waals surface area contributed by atoms with Gasteiger partial charge in [-0.1, -0.05) is 66.7 Å². The third kappa shape index (κ3) is 2.44. The summed E-state index contributed by atoms with van der Waals surface area (Å²) in [5.74, 6) is 0. The van der Waals surface area contributed by atoms with E-state index in [1.165, 1.54) is 44.2 Å². The Morgan fingerprint density at radius 1 is 0.769 bits per heavy atom. The smallest absolute Gasteiger partial charge is 0.0665 e. The van der Waals surface area contributed by atoms with E-state index in [9.17, 15) is 0 Å². The molecule has 0 radical (unpaired) electrons. The fourth-order valence-electron chi connectivity index (χ4n) is 3.89. The molecule has 0 aliphatic heterocycles. The normalized spacial score (nSPS) is 12.9. The molecule has 4 aromatic rings. The minimum atomic E-state index is 0.948. The molecule has 1 heterocycles. The topological polar surface area (TPSA) is 12.9 Å². The highest BCUT2D eigenvalue weighted by Crippen LogP contribution is 2.39. The lowest BCUT2D eigenvalue weighted by Crippen LogP contribution is -1.90. The highest BCUT2D eigenvalue weighted by Gasteiger charge is 2.19. The van der Waals surface area contributed by atoms with Gasteiger partial charge in [-0.15, -0.1) is 0 Å². The van der Waals surface area contributed by atoms with Crippen LogP contribution in [0.25, 0.3) is 33.5 Å². The van der Waals surface area contributed by atoms with Crippen molar-refractivity contribution >= 4 is 22.4 Å². The average molecular weight is 333 g/mol. The van der Waals surface area contributed by atoms with E-state index in [1.54, 1.807) is 0 Å². The summed E-state index contributed by atoms with van der Waals surface area (Å²) >= 11 is 0. The van der Waals surface area contributed by atoms with Crippen LogP contribution in [0.3, 0.4) is 0 Å². The van der Waals surface area contributed by atoms with Crippen LogP contribution in [0.15, 0.2) is 79.0 Å². The van der Waals surface area contributed by atoms with E-state index in [1.807, 2.05) is 6.20 Å². The van der Waals surface area contributed by atoms with Gasteiger partial charge in [-0.2, -0.15) is 0 Å². The van der Waals surface area contributed by atoms with Crippen LogP contribution in [0.4, 0.5) is 0 Å². The molecule has 0 amide bonds. The van der Waals surface area contributed by atoms with Gasteiger partial charge < -0.3 is 0 Å². The summed E-state index contributed by atoms with van der Waals surface area (Å²) in [4.78, 5) is 4.63. The second kappa shape index (κ2) is 5.96. The van der Waals surface area contributed by atoms with E-state index in [4.69, 9.17) is 0 Å². The number of nitrogens with zero attached hydrogens (tertiary/aromatic N) is 1. The molecular weight excluding hydrogens is 314 g/mol. The maximum atomic E-state index is 4.63. The van der Waals surface area contributed by atoms with Gasteiger partial charge in [-0.05, 0) is 63.2 Å². The molecule has 1 aromatic heterocycles. The standard InChI is InChI=1S/C25H19N/c1-17-12-13-25(26-16-17)20-14-19-8-5-11-23(24(19)15-20)22-10-4-7-18-6-2-3-9-21(18)22/h2-13,15-16H,14H2,1H3. The first kappa shape index (κ1) is 15.1. The van der Waals surface area contributed by atoms with Gasteiger partial charge >= 0.3 is 0 Å². The Bertz CT molecular complexity index is 1150. The van der Waals surface area contributed by atoms with Crippen molar-refractivity contribution in [2.45, 2.75) is 13.3 Å². The Hall–Kier alpha value is -3.19. The molecule has 1 heteroatoms. The molecule has 1 aliphatic carbocycles. The summed E-state index contributed by atoms with van der Waals surface area (Å²) < 4.78 is 0. The zero-order chi connectivity index (χ0) is 17.5. The number of rotatable bonds is 2. The first-order chi connectivity index (χ1) is 12.8. The van der Waals surface area contributed by atoms with E-state index >= 15 is 0 Å². The van der Waals surface area contributed by atoms with Crippen molar-refractivity contribution < 1.29 is 0 Å². The summed E-state index contributed by atoms with van der Waals surface area (Å²) in [5.41, 5.74) is 8.90. The summed E-state index contributed by atoms with van der Waals surface area (Å²) in [5, 5.41) is 2.59. The van der Waals surface area contributed by atoms with E-state index in [0.29, 0.717) is 0 Å². The van der Waals surface area contributed by atoms with E-state index in [-0.39, 0.29) is 0 Å². The van der Waals surface area contributed by atoms with Crippen molar-refractivity contribution in [1.82, 2.24) is 4.98 Å². The second-order valence-corrected chi connectivity index (χ2v) is 6.97. The van der Waals surface area contributed by atoms with Crippen molar-refractivity contribution in [3.63, 3.8) is 0 Å². The molecule has 0 saturated heterocycles. The minimum absolute atomic E-state index is 0.948. The molecule has 1 aliphatic rings. The molecular formula is C25H19N. The number of hydrogen-bond acceptors (Lipinski definition) is 1. The fraction of sp³-hybridized carbons (Fsp3) is 0.0800. The SMILES string of the molecule is Cc1ccc(C2=Cc3c(cccc3-c3cccc4ccccc34)C2)nc1. The summed E-state index contributed by atoms with van der Waals surface area (Å²) in [6.45, 7) is 2.08. The minimum Gasteiger partial charge on any atom is -0.256 e. The third-order valence-electron chi connectivity index (χ3n) is 5.22. The van der Waals surface area contributed by atoms with Gasteiger partial charge in [0.25, 0.3) is 0 Å². The second-order valence-electron chi connectivity index (χ2n) is 6.97. The van der Waals surface area contributed by atoms with Gasteiger partial charge in [0, 0.05) is 12.6 Å². The Balaban J connectivity index is 1.68. The molecule has 0 spiro atoms. The number of aryl methyl sites for hydroxylation is 1. The van der Waals surface area contributed by atoms with Crippen molar-refractivity contribution in [1.29, 1.82) is 0 Å². The largest absolute Gasteiger partial charge is 0.256 e. The Morgan fingerprint density at radius 2 is 1.58 bits per heavy atom. The summed E-state index contributed by atoms with van der Waals surface area (Å²) in [7, 11) is 0. The molecule has 26 heavy (non-hydrogen) atoms. The number of hydrogen-bond donors (Lipinski definition) is 0. The fourth-order valence-corrected chi connectivity index (χ4v) is 3.89. The maximum absolute atomic E-state index is 4.63. The van der Waals surface area contributed by atoms with Crippen LogP contribution in [-0.4, -0.2) is 4.98 Å². The highest BCUT2D eigenvalue weighted by atomic mass is 14.7. The summed E-state index contributed by atoms with van der Waals surface area (Å²) in [6, 6.07) is 26.1. The predicted molar refractivity (Wildman–Crippen MR) is 110 cm³/mol. The van der Waals surface area contributed by atoms with Gasteiger partial charge in [0.2, 0.25) is 0 Å². The van der Waals surface area contributed by atoms with Crippen molar-refractivity contribution in [2.24, 2.45) is 0 Å². The number of pyridine rings is 1. The Kier molecular flexibility index (Phi) is 3.46. The van der Waals surface area contributed by atoms with Crippen LogP contribution < -0.4 is 0 Å². The lowest BCUT2D eigenvalue weighted by molar-refractivity contribution is 1.20. The molecule has 124 valence electrons. The molecule has 0 saturated carbocycles. The number of aromatic nitrogens is 1. The quantitative estimate of drug-likeness (QED) is 0.419. The van der Waals surface area contributed by atoms with Gasteiger partial charge in [0.05, 0.1) is 5.69 Å². The Morgan fingerprint density at radius 3 is 2.46 bits per heavy atom. The van der Waals surface area contributed by atoms with Gasteiger partial charge in [0.1, 0.15) is 0 Å². The predicted octanol–water partition coefficient (Wildman–Crippen LogP) is 6.31. The lowest BCUT2D eigenvalue weighted by atomic mass is 9.93. The molecule has 0 N–H and O–H groups in total. The number of fused-ring (bicyclic) bond motifs is 2. The molecule has 0 atom stereocenters. The van der Waals surface area contributed by atoms with Crippen LogP contribution in [-0.2, 0) is 6.42 Å². The zero-order valence-electron chi connectivity index (χ0n) is 14.7.